The van der Waals surface area contributed by atoms with E-state index in [1.54, 1.807) is 0 Å². The minimum Gasteiger partial charge on any atom is -0.459 e. The van der Waals surface area contributed by atoms with E-state index in [9.17, 15) is 4.79 Å². The maximum absolute atomic E-state index is 11.4. The van der Waals surface area contributed by atoms with Crippen molar-refractivity contribution in [1.82, 2.24) is 4.90 Å². The van der Waals surface area contributed by atoms with Gasteiger partial charge in [0.05, 0.1) is 0 Å². The first kappa shape index (κ1) is 18.8. The molecule has 5 nitrogen and oxygen atoms in total. The molecule has 0 amide bonds. The van der Waals surface area contributed by atoms with Gasteiger partial charge in [0.25, 0.3) is 0 Å². The number of carbonyl (C=O) groups is 1. The molecule has 0 aromatic heterocycles. The third-order valence-corrected chi connectivity index (χ3v) is 1.88. The van der Waals surface area contributed by atoms with Gasteiger partial charge in [-0.25, -0.2) is 4.99 Å². The predicted octanol–water partition coefficient (Wildman–Crippen LogP) is 1.60. The first-order chi connectivity index (χ1) is 7.30. The van der Waals surface area contributed by atoms with Crippen molar-refractivity contribution in [3.05, 3.63) is 0 Å². The van der Waals surface area contributed by atoms with Crippen LogP contribution in [0.1, 0.15) is 34.6 Å². The minimum absolute atomic E-state index is 0. The smallest absolute Gasteiger partial charge is 0.328 e. The van der Waals surface area contributed by atoms with E-state index in [0.717, 1.165) is 13.1 Å². The van der Waals surface area contributed by atoms with Gasteiger partial charge in [-0.15, -0.1) is 24.0 Å². The highest BCUT2D eigenvalue weighted by Gasteiger charge is 2.15. The number of carbonyl (C=O) groups excluding carboxylic acids is 1. The van der Waals surface area contributed by atoms with Crippen LogP contribution in [0.15, 0.2) is 4.99 Å². The molecule has 17 heavy (non-hydrogen) atoms. The lowest BCUT2D eigenvalue weighted by Crippen LogP contribution is -2.37. The molecule has 0 aromatic rings. The fourth-order valence-corrected chi connectivity index (χ4v) is 1.17. The van der Waals surface area contributed by atoms with Crippen LogP contribution in [-0.2, 0) is 9.53 Å². The molecule has 0 fully saturated rings. The third-order valence-electron chi connectivity index (χ3n) is 1.88. The number of hydrogen-bond acceptors (Lipinski definition) is 3. The predicted molar refractivity (Wildman–Crippen MR) is 80.7 cm³/mol. The van der Waals surface area contributed by atoms with Crippen molar-refractivity contribution < 1.29 is 9.53 Å². The number of nitrogens with zero attached hydrogens (tertiary/aromatic N) is 2. The fraction of sp³-hybridized carbons (Fsp3) is 0.818. The molecule has 6 heteroatoms. The van der Waals surface area contributed by atoms with Gasteiger partial charge in [0.2, 0.25) is 0 Å². The van der Waals surface area contributed by atoms with Crippen LogP contribution in [0.2, 0.25) is 0 Å². The zero-order valence-electron chi connectivity index (χ0n) is 11.3. The normalized spacial score (nSPS) is 11.7. The molecule has 0 saturated carbocycles. The lowest BCUT2D eigenvalue weighted by Gasteiger charge is -2.20. The zero-order valence-corrected chi connectivity index (χ0v) is 13.6. The Labute approximate surface area is 121 Å². The first-order valence-electron chi connectivity index (χ1n) is 5.56. The Bertz CT molecular complexity index is 258. The largest absolute Gasteiger partial charge is 0.459 e. The number of guanidine groups is 1. The van der Waals surface area contributed by atoms with Gasteiger partial charge in [0.1, 0.15) is 12.1 Å². The van der Waals surface area contributed by atoms with Gasteiger partial charge in [-0.1, -0.05) is 0 Å². The zero-order chi connectivity index (χ0) is 12.8. The summed E-state index contributed by atoms with van der Waals surface area (Å²) in [6, 6.07) is 0. The second-order valence-electron chi connectivity index (χ2n) is 4.43. The molecule has 0 spiro atoms. The molecule has 0 aliphatic rings. The summed E-state index contributed by atoms with van der Waals surface area (Å²) in [7, 11) is 0. The van der Waals surface area contributed by atoms with Crippen molar-refractivity contribution in [3.63, 3.8) is 0 Å². The Balaban J connectivity index is 0. The molecular formula is C11H24IN3O2. The molecule has 0 aromatic carbocycles. The molecule has 0 bridgehead atoms. The lowest BCUT2D eigenvalue weighted by molar-refractivity contribution is -0.152. The van der Waals surface area contributed by atoms with Crippen LogP contribution in [0.4, 0.5) is 0 Å². The van der Waals surface area contributed by atoms with Crippen molar-refractivity contribution in [3.8, 4) is 0 Å². The molecule has 0 aliphatic heterocycles. The number of halogens is 1. The summed E-state index contributed by atoms with van der Waals surface area (Å²) in [6.07, 6.45) is 0. The van der Waals surface area contributed by atoms with Crippen LogP contribution >= 0.6 is 24.0 Å². The van der Waals surface area contributed by atoms with E-state index in [0.29, 0.717) is 5.96 Å². The monoisotopic (exact) mass is 357 g/mol. The quantitative estimate of drug-likeness (QED) is 0.359. The van der Waals surface area contributed by atoms with E-state index in [1.165, 1.54) is 0 Å². The second kappa shape index (κ2) is 8.54. The lowest BCUT2D eigenvalue weighted by atomic mass is 10.2. The van der Waals surface area contributed by atoms with Crippen LogP contribution in [0.5, 0.6) is 0 Å². The maximum atomic E-state index is 11.4. The van der Waals surface area contributed by atoms with Crippen molar-refractivity contribution in [1.29, 1.82) is 0 Å². The summed E-state index contributed by atoms with van der Waals surface area (Å²) < 4.78 is 5.12. The Hall–Kier alpha value is -0.530. The molecule has 0 atom stereocenters. The van der Waals surface area contributed by atoms with Crippen molar-refractivity contribution in [2.24, 2.45) is 10.7 Å². The number of esters is 1. The first-order valence-corrected chi connectivity index (χ1v) is 5.56. The summed E-state index contributed by atoms with van der Waals surface area (Å²) in [5.41, 5.74) is 5.24. The molecule has 102 valence electrons. The summed E-state index contributed by atoms with van der Waals surface area (Å²) in [5, 5.41) is 0. The average Bonchev–Trinajstić information content (AvgIpc) is 2.14. The average molecular weight is 357 g/mol. The van der Waals surface area contributed by atoms with Gasteiger partial charge < -0.3 is 15.4 Å². The highest BCUT2D eigenvalue weighted by atomic mass is 127. The Kier molecular flexibility index (Phi) is 9.46. The van der Waals surface area contributed by atoms with Crippen molar-refractivity contribution in [2.75, 3.05) is 19.6 Å². The maximum Gasteiger partial charge on any atom is 0.328 e. The third kappa shape index (κ3) is 9.20. The fourth-order valence-electron chi connectivity index (χ4n) is 1.17. The molecular weight excluding hydrogens is 333 g/mol. The van der Waals surface area contributed by atoms with Gasteiger partial charge in [-0.05, 0) is 34.6 Å². The second-order valence-corrected chi connectivity index (χ2v) is 4.43. The highest BCUT2D eigenvalue weighted by Crippen LogP contribution is 2.06. The summed E-state index contributed by atoms with van der Waals surface area (Å²) in [5.74, 6) is 0.0264. The van der Waals surface area contributed by atoms with E-state index in [-0.39, 0.29) is 36.5 Å². The van der Waals surface area contributed by atoms with Gasteiger partial charge in [-0.2, -0.15) is 0 Å². The van der Waals surface area contributed by atoms with Gasteiger partial charge >= 0.3 is 5.97 Å². The molecule has 0 rings (SSSR count). The van der Waals surface area contributed by atoms with Crippen molar-refractivity contribution >= 4 is 35.9 Å². The molecule has 0 aliphatic carbocycles. The van der Waals surface area contributed by atoms with Gasteiger partial charge in [0, 0.05) is 13.1 Å². The number of nitrogens with two attached hydrogens (primary N) is 1. The summed E-state index contributed by atoms with van der Waals surface area (Å²) in [4.78, 5) is 17.2. The van der Waals surface area contributed by atoms with E-state index in [4.69, 9.17) is 10.5 Å². The van der Waals surface area contributed by atoms with Gasteiger partial charge in [0.15, 0.2) is 5.96 Å². The molecule has 0 radical (unpaired) electrons. The van der Waals surface area contributed by atoms with Crippen LogP contribution in [-0.4, -0.2) is 42.1 Å². The molecule has 0 saturated heterocycles. The standard InChI is InChI=1S/C11H23N3O2.HI/c1-6-14(7-2)10(12)13-8-9(15)16-11(3,4)5;/h6-8H2,1-5H3,(H2,12,13);1H. The SMILES string of the molecule is CCN(CC)C(N)=NCC(=O)OC(C)(C)C.I. The van der Waals surface area contributed by atoms with Crippen LogP contribution in [0, 0.1) is 0 Å². The summed E-state index contributed by atoms with van der Waals surface area (Å²) >= 11 is 0. The van der Waals surface area contributed by atoms with Crippen LogP contribution in [0.3, 0.4) is 0 Å². The van der Waals surface area contributed by atoms with Gasteiger partial charge in [-0.3, -0.25) is 4.79 Å². The molecule has 0 heterocycles. The van der Waals surface area contributed by atoms with E-state index < -0.39 is 5.60 Å². The van der Waals surface area contributed by atoms with Crippen molar-refractivity contribution in [2.45, 2.75) is 40.2 Å². The van der Waals surface area contributed by atoms with Crippen LogP contribution in [0.25, 0.3) is 0 Å². The number of aliphatic imine (C=N–C) groups is 1. The number of hydrogen-bond donors (Lipinski definition) is 1. The number of ether oxygens (including phenoxy) is 1. The van der Waals surface area contributed by atoms with E-state index in [1.807, 2.05) is 39.5 Å². The molecule has 0 unspecified atom stereocenters. The summed E-state index contributed by atoms with van der Waals surface area (Å²) in [6.45, 7) is 11.0. The Morgan fingerprint density at radius 3 is 2.12 bits per heavy atom. The van der Waals surface area contributed by atoms with E-state index in [2.05, 4.69) is 4.99 Å². The Morgan fingerprint density at radius 1 is 1.29 bits per heavy atom. The number of rotatable bonds is 4. The highest BCUT2D eigenvalue weighted by molar-refractivity contribution is 14.0. The molecule has 2 N–H and O–H groups in total. The van der Waals surface area contributed by atoms with E-state index >= 15 is 0 Å². The Morgan fingerprint density at radius 2 is 1.76 bits per heavy atom. The topological polar surface area (TPSA) is 67.9 Å². The van der Waals surface area contributed by atoms with Crippen LogP contribution < -0.4 is 5.73 Å². The minimum atomic E-state index is -0.476.